The number of hydrogen-bond donors (Lipinski definition) is 1. The van der Waals surface area contributed by atoms with Gasteiger partial charge < -0.3 is 10.2 Å². The Morgan fingerprint density at radius 1 is 1.19 bits per heavy atom. The molecule has 2 rings (SSSR count). The van der Waals surface area contributed by atoms with Crippen LogP contribution in [-0.4, -0.2) is 35.0 Å². The van der Waals surface area contributed by atoms with Crippen LogP contribution >= 0.6 is 23.2 Å². The number of aryl methyl sites for hydroxylation is 1. The van der Waals surface area contributed by atoms with Gasteiger partial charge in [0.2, 0.25) is 5.91 Å². The molecule has 26 heavy (non-hydrogen) atoms. The summed E-state index contributed by atoms with van der Waals surface area (Å²) < 4.78 is 0. The van der Waals surface area contributed by atoms with Gasteiger partial charge in [0.25, 0.3) is 0 Å². The van der Waals surface area contributed by atoms with E-state index in [-0.39, 0.29) is 11.9 Å². The van der Waals surface area contributed by atoms with Gasteiger partial charge in [-0.25, -0.2) is 9.97 Å². The molecule has 0 spiro atoms. The molecule has 0 bridgehead atoms. The van der Waals surface area contributed by atoms with Gasteiger partial charge in [-0.2, -0.15) is 0 Å². The molecule has 1 amide bonds. The predicted molar refractivity (Wildman–Crippen MR) is 109 cm³/mol. The zero-order chi connectivity index (χ0) is 19.3. The van der Waals surface area contributed by atoms with E-state index in [9.17, 15) is 4.79 Å². The second-order valence-corrected chi connectivity index (χ2v) is 7.40. The zero-order valence-electron chi connectivity index (χ0n) is 15.8. The first kappa shape index (κ1) is 20.7. The van der Waals surface area contributed by atoms with E-state index < -0.39 is 0 Å². The van der Waals surface area contributed by atoms with Crippen LogP contribution in [0, 0.1) is 0 Å². The summed E-state index contributed by atoms with van der Waals surface area (Å²) in [6, 6.07) is 3.67. The number of fused-ring (bicyclic) bond motifs is 1. The van der Waals surface area contributed by atoms with E-state index >= 15 is 0 Å². The fourth-order valence-corrected chi connectivity index (χ4v) is 3.35. The standard InChI is InChI=1S/C19H26Cl2N4O/c1-5-8-25(9-7-17(26)22-12(3)4)19-14-10-13(20)11-15(21)18(14)23-16(6-2)24-19/h10-12H,5-9H2,1-4H3,(H,22,26). The molecule has 0 aliphatic carbocycles. The van der Waals surface area contributed by atoms with Crippen molar-refractivity contribution in [1.29, 1.82) is 0 Å². The quantitative estimate of drug-likeness (QED) is 0.706. The molecule has 0 aliphatic heterocycles. The molecule has 0 atom stereocenters. The van der Waals surface area contributed by atoms with Gasteiger partial charge in [-0.05, 0) is 32.4 Å². The molecular formula is C19H26Cl2N4O. The third kappa shape index (κ3) is 5.21. The number of rotatable bonds is 8. The number of carbonyl (C=O) groups excluding carboxylic acids is 1. The van der Waals surface area contributed by atoms with Crippen LogP contribution in [0.5, 0.6) is 0 Å². The Hall–Kier alpha value is -1.59. The molecule has 1 N–H and O–H groups in total. The van der Waals surface area contributed by atoms with Gasteiger partial charge in [0, 0.05) is 42.4 Å². The number of hydrogen-bond acceptors (Lipinski definition) is 4. The molecule has 0 saturated heterocycles. The molecule has 0 saturated carbocycles. The summed E-state index contributed by atoms with van der Waals surface area (Å²) in [5.41, 5.74) is 0.700. The topological polar surface area (TPSA) is 58.1 Å². The number of carbonyl (C=O) groups is 1. The van der Waals surface area contributed by atoms with E-state index in [4.69, 9.17) is 28.2 Å². The van der Waals surface area contributed by atoms with Crippen LogP contribution in [0.25, 0.3) is 10.9 Å². The lowest BCUT2D eigenvalue weighted by Crippen LogP contribution is -2.35. The van der Waals surface area contributed by atoms with Crippen molar-refractivity contribution >= 4 is 45.8 Å². The maximum atomic E-state index is 12.1. The summed E-state index contributed by atoms with van der Waals surface area (Å²) in [5, 5.41) is 4.81. The molecule has 0 radical (unpaired) electrons. The highest BCUT2D eigenvalue weighted by Crippen LogP contribution is 2.32. The molecule has 2 aromatic rings. The second-order valence-electron chi connectivity index (χ2n) is 6.56. The summed E-state index contributed by atoms with van der Waals surface area (Å²) in [6.07, 6.45) is 2.04. The van der Waals surface area contributed by atoms with Crippen molar-refractivity contribution in [1.82, 2.24) is 15.3 Å². The van der Waals surface area contributed by atoms with Crippen LogP contribution in [0.4, 0.5) is 5.82 Å². The van der Waals surface area contributed by atoms with Gasteiger partial charge in [-0.15, -0.1) is 0 Å². The number of anilines is 1. The minimum absolute atomic E-state index is 0.0336. The van der Waals surface area contributed by atoms with Crippen LogP contribution in [0.3, 0.4) is 0 Å². The average Bonchev–Trinajstić information content (AvgIpc) is 2.57. The highest BCUT2D eigenvalue weighted by Gasteiger charge is 2.17. The number of nitrogens with one attached hydrogen (secondary N) is 1. The highest BCUT2D eigenvalue weighted by molar-refractivity contribution is 6.38. The summed E-state index contributed by atoms with van der Waals surface area (Å²) in [6.45, 7) is 9.38. The molecule has 1 aromatic carbocycles. The third-order valence-electron chi connectivity index (χ3n) is 3.91. The number of nitrogens with zero attached hydrogens (tertiary/aromatic N) is 3. The van der Waals surface area contributed by atoms with Gasteiger partial charge in [0.1, 0.15) is 11.6 Å². The minimum Gasteiger partial charge on any atom is -0.355 e. The van der Waals surface area contributed by atoms with Gasteiger partial charge in [0.15, 0.2) is 0 Å². The van der Waals surface area contributed by atoms with E-state index in [1.165, 1.54) is 0 Å². The molecule has 7 heteroatoms. The van der Waals surface area contributed by atoms with E-state index in [0.717, 1.165) is 30.0 Å². The van der Waals surface area contributed by atoms with Crippen LogP contribution in [-0.2, 0) is 11.2 Å². The van der Waals surface area contributed by atoms with Crippen molar-refractivity contribution in [3.63, 3.8) is 0 Å². The monoisotopic (exact) mass is 396 g/mol. The van der Waals surface area contributed by atoms with Crippen LogP contribution in [0.2, 0.25) is 10.0 Å². The Morgan fingerprint density at radius 3 is 2.54 bits per heavy atom. The first-order chi connectivity index (χ1) is 12.3. The van der Waals surface area contributed by atoms with E-state index in [1.807, 2.05) is 26.8 Å². The van der Waals surface area contributed by atoms with Gasteiger partial charge >= 0.3 is 0 Å². The minimum atomic E-state index is 0.0336. The fourth-order valence-electron chi connectivity index (χ4n) is 2.81. The van der Waals surface area contributed by atoms with Crippen molar-refractivity contribution in [2.75, 3.05) is 18.0 Å². The Bertz CT molecular complexity index is 780. The number of benzene rings is 1. The summed E-state index contributed by atoms with van der Waals surface area (Å²) in [7, 11) is 0. The lowest BCUT2D eigenvalue weighted by Gasteiger charge is -2.25. The van der Waals surface area contributed by atoms with E-state index in [2.05, 4.69) is 22.1 Å². The first-order valence-electron chi connectivity index (χ1n) is 9.05. The Kier molecular flexibility index (Phi) is 7.47. The Morgan fingerprint density at radius 2 is 1.92 bits per heavy atom. The molecule has 0 unspecified atom stereocenters. The second kappa shape index (κ2) is 9.38. The lowest BCUT2D eigenvalue weighted by molar-refractivity contribution is -0.121. The van der Waals surface area contributed by atoms with Crippen molar-refractivity contribution in [2.24, 2.45) is 0 Å². The van der Waals surface area contributed by atoms with Crippen molar-refractivity contribution in [3.8, 4) is 0 Å². The average molecular weight is 397 g/mol. The van der Waals surface area contributed by atoms with Crippen LogP contribution in [0.1, 0.15) is 46.4 Å². The van der Waals surface area contributed by atoms with Crippen molar-refractivity contribution < 1.29 is 4.79 Å². The summed E-state index contributed by atoms with van der Waals surface area (Å²) in [5.74, 6) is 1.55. The van der Waals surface area contributed by atoms with Crippen LogP contribution in [0.15, 0.2) is 12.1 Å². The van der Waals surface area contributed by atoms with Crippen LogP contribution < -0.4 is 10.2 Å². The summed E-state index contributed by atoms with van der Waals surface area (Å²) >= 11 is 12.6. The van der Waals surface area contributed by atoms with Crippen molar-refractivity contribution in [2.45, 2.75) is 53.0 Å². The van der Waals surface area contributed by atoms with Gasteiger partial charge in [0.05, 0.1) is 10.5 Å². The summed E-state index contributed by atoms with van der Waals surface area (Å²) in [4.78, 5) is 23.5. The zero-order valence-corrected chi connectivity index (χ0v) is 17.3. The lowest BCUT2D eigenvalue weighted by atomic mass is 10.2. The smallest absolute Gasteiger partial charge is 0.221 e. The predicted octanol–water partition coefficient (Wildman–Crippen LogP) is 4.63. The van der Waals surface area contributed by atoms with Gasteiger partial charge in [-0.1, -0.05) is 37.0 Å². The molecule has 0 aliphatic rings. The SMILES string of the molecule is CCCN(CCC(=O)NC(C)C)c1nc(CC)nc2c(Cl)cc(Cl)cc12. The number of halogens is 2. The molecule has 1 aromatic heterocycles. The Balaban J connectivity index is 2.43. The third-order valence-corrected chi connectivity index (χ3v) is 4.42. The van der Waals surface area contributed by atoms with Crippen molar-refractivity contribution in [3.05, 3.63) is 28.0 Å². The normalized spacial score (nSPS) is 11.2. The number of aromatic nitrogens is 2. The fraction of sp³-hybridized carbons (Fsp3) is 0.526. The van der Waals surface area contributed by atoms with Gasteiger partial charge in [-0.3, -0.25) is 4.79 Å². The van der Waals surface area contributed by atoms with E-state index in [0.29, 0.717) is 34.9 Å². The maximum Gasteiger partial charge on any atom is 0.221 e. The maximum absolute atomic E-state index is 12.1. The largest absolute Gasteiger partial charge is 0.355 e. The Labute approximate surface area is 165 Å². The number of amides is 1. The molecular weight excluding hydrogens is 371 g/mol. The molecule has 1 heterocycles. The molecule has 0 fully saturated rings. The molecule has 142 valence electrons. The highest BCUT2D eigenvalue weighted by atomic mass is 35.5. The first-order valence-corrected chi connectivity index (χ1v) is 9.81. The van der Waals surface area contributed by atoms with E-state index in [1.54, 1.807) is 6.07 Å². The molecule has 5 nitrogen and oxygen atoms in total.